The van der Waals surface area contributed by atoms with E-state index in [0.29, 0.717) is 13.2 Å². The van der Waals surface area contributed by atoms with Crippen LogP contribution in [0.3, 0.4) is 0 Å². The van der Waals surface area contributed by atoms with E-state index in [-0.39, 0.29) is 12.0 Å². The molecule has 3 rings (SSSR count). The van der Waals surface area contributed by atoms with Gasteiger partial charge in [-0.05, 0) is 35.1 Å². The number of carbonyl (C=O) groups excluding carboxylic acids is 1. The number of hydrogen-bond acceptors (Lipinski definition) is 2. The molecule has 0 N–H and O–H groups in total. The number of ether oxygens (including phenoxy) is 1. The Balaban J connectivity index is 1.55. The first-order chi connectivity index (χ1) is 15.3. The van der Waals surface area contributed by atoms with Gasteiger partial charge in [0.1, 0.15) is 6.61 Å². The summed E-state index contributed by atoms with van der Waals surface area (Å²) in [5, 5.41) is 0. The first kappa shape index (κ1) is 23.1. The molecule has 1 aliphatic carbocycles. The number of fused-ring (bicyclic) bond motifs is 3. The average molecular weight is 420 g/mol. The lowest BCUT2D eigenvalue weighted by molar-refractivity contribution is 0.0995. The molecule has 0 heterocycles. The zero-order chi connectivity index (χ0) is 21.9. The third kappa shape index (κ3) is 6.22. The van der Waals surface area contributed by atoms with E-state index in [9.17, 15) is 4.79 Å². The van der Waals surface area contributed by atoms with E-state index >= 15 is 0 Å². The maximum atomic E-state index is 12.9. The summed E-state index contributed by atoms with van der Waals surface area (Å²) in [5.41, 5.74) is 5.01. The van der Waals surface area contributed by atoms with Crippen molar-refractivity contribution >= 4 is 6.09 Å². The van der Waals surface area contributed by atoms with Gasteiger partial charge in [-0.25, -0.2) is 4.79 Å². The molecule has 0 radical (unpaired) electrons. The van der Waals surface area contributed by atoms with Gasteiger partial charge in [-0.15, -0.1) is 6.58 Å². The Hall–Kier alpha value is -2.55. The Labute approximate surface area is 188 Å². The molecule has 0 spiro atoms. The van der Waals surface area contributed by atoms with Gasteiger partial charge in [-0.1, -0.05) is 100 Å². The third-order valence-corrected chi connectivity index (χ3v) is 6.23. The van der Waals surface area contributed by atoms with E-state index < -0.39 is 0 Å². The smallest absolute Gasteiger partial charge is 0.409 e. The summed E-state index contributed by atoms with van der Waals surface area (Å²) in [6.45, 7) is 7.87. The highest BCUT2D eigenvalue weighted by Crippen LogP contribution is 2.44. The predicted octanol–water partition coefficient (Wildman–Crippen LogP) is 7.56. The second-order valence-electron chi connectivity index (χ2n) is 8.49. The molecule has 166 valence electrons. The van der Waals surface area contributed by atoms with Crippen LogP contribution in [0, 0.1) is 0 Å². The van der Waals surface area contributed by atoms with Crippen LogP contribution in [0.1, 0.15) is 75.3 Å². The Morgan fingerprint density at radius 2 is 1.48 bits per heavy atom. The van der Waals surface area contributed by atoms with Crippen molar-refractivity contribution in [1.29, 1.82) is 0 Å². The van der Waals surface area contributed by atoms with E-state index in [1.807, 2.05) is 11.0 Å². The summed E-state index contributed by atoms with van der Waals surface area (Å²) in [6.07, 6.45) is 11.1. The lowest BCUT2D eigenvalue weighted by Crippen LogP contribution is -2.34. The maximum Gasteiger partial charge on any atom is 0.409 e. The van der Waals surface area contributed by atoms with Gasteiger partial charge in [0, 0.05) is 19.0 Å². The van der Waals surface area contributed by atoms with Crippen molar-refractivity contribution < 1.29 is 9.53 Å². The number of nitrogens with zero attached hydrogens (tertiary/aromatic N) is 1. The minimum atomic E-state index is -0.199. The maximum absolute atomic E-state index is 12.9. The average Bonchev–Trinajstić information content (AvgIpc) is 3.12. The molecule has 0 saturated heterocycles. The molecule has 0 fully saturated rings. The van der Waals surface area contributed by atoms with E-state index in [2.05, 4.69) is 62.0 Å². The fourth-order valence-electron chi connectivity index (χ4n) is 4.49. The summed E-state index contributed by atoms with van der Waals surface area (Å²) in [7, 11) is 0. The Kier molecular flexibility index (Phi) is 9.20. The van der Waals surface area contributed by atoms with Gasteiger partial charge in [0.25, 0.3) is 0 Å². The third-order valence-electron chi connectivity index (χ3n) is 6.23. The lowest BCUT2D eigenvalue weighted by Gasteiger charge is -2.23. The van der Waals surface area contributed by atoms with Crippen molar-refractivity contribution in [1.82, 2.24) is 4.90 Å². The molecule has 0 bridgehead atoms. The van der Waals surface area contributed by atoms with Gasteiger partial charge in [0.05, 0.1) is 0 Å². The Morgan fingerprint density at radius 1 is 0.903 bits per heavy atom. The van der Waals surface area contributed by atoms with Crippen LogP contribution in [0.5, 0.6) is 0 Å². The summed E-state index contributed by atoms with van der Waals surface area (Å²) in [6, 6.07) is 16.9. The van der Waals surface area contributed by atoms with Crippen LogP contribution in [0.15, 0.2) is 61.2 Å². The molecule has 0 aromatic heterocycles. The van der Waals surface area contributed by atoms with E-state index in [4.69, 9.17) is 4.74 Å². The quantitative estimate of drug-likeness (QED) is 0.247. The molecule has 0 saturated carbocycles. The number of rotatable bonds is 13. The molecule has 3 nitrogen and oxygen atoms in total. The van der Waals surface area contributed by atoms with Crippen molar-refractivity contribution in [2.45, 2.75) is 64.2 Å². The second kappa shape index (κ2) is 12.3. The van der Waals surface area contributed by atoms with Crippen LogP contribution in [0.4, 0.5) is 4.79 Å². The molecule has 2 aromatic rings. The molecule has 0 aliphatic heterocycles. The zero-order valence-corrected chi connectivity index (χ0v) is 19.0. The highest BCUT2D eigenvalue weighted by atomic mass is 16.6. The first-order valence-corrected chi connectivity index (χ1v) is 12.0. The van der Waals surface area contributed by atoms with Crippen molar-refractivity contribution in [2.24, 2.45) is 0 Å². The molecule has 0 unspecified atom stereocenters. The molecular formula is C28H37NO2. The van der Waals surface area contributed by atoms with Crippen LogP contribution >= 0.6 is 0 Å². The summed E-state index contributed by atoms with van der Waals surface area (Å²) in [5.74, 6) is 0.108. The van der Waals surface area contributed by atoms with Crippen LogP contribution < -0.4 is 0 Å². The van der Waals surface area contributed by atoms with Crippen molar-refractivity contribution in [3.05, 3.63) is 72.3 Å². The molecule has 1 amide bonds. The van der Waals surface area contributed by atoms with E-state index in [1.54, 1.807) is 0 Å². The van der Waals surface area contributed by atoms with Crippen LogP contribution in [-0.4, -0.2) is 30.7 Å². The summed E-state index contributed by atoms with van der Waals surface area (Å²) < 4.78 is 5.86. The molecule has 3 heteroatoms. The minimum absolute atomic E-state index is 0.108. The zero-order valence-electron chi connectivity index (χ0n) is 19.0. The number of carbonyl (C=O) groups is 1. The van der Waals surface area contributed by atoms with Crippen molar-refractivity contribution in [3.63, 3.8) is 0 Å². The Morgan fingerprint density at radius 3 is 2.10 bits per heavy atom. The fourth-order valence-corrected chi connectivity index (χ4v) is 4.49. The highest BCUT2D eigenvalue weighted by molar-refractivity contribution is 5.79. The van der Waals surface area contributed by atoms with Gasteiger partial charge >= 0.3 is 6.09 Å². The number of benzene rings is 2. The first-order valence-electron chi connectivity index (χ1n) is 12.0. The topological polar surface area (TPSA) is 29.5 Å². The monoisotopic (exact) mass is 419 g/mol. The molecular weight excluding hydrogens is 382 g/mol. The van der Waals surface area contributed by atoms with Gasteiger partial charge in [0.2, 0.25) is 0 Å². The van der Waals surface area contributed by atoms with E-state index in [1.165, 1.54) is 60.8 Å². The number of hydrogen-bond donors (Lipinski definition) is 0. The fraction of sp³-hybridized carbons (Fsp3) is 0.464. The Bertz CT molecular complexity index is 799. The van der Waals surface area contributed by atoms with Crippen molar-refractivity contribution in [3.8, 4) is 11.1 Å². The lowest BCUT2D eigenvalue weighted by atomic mass is 9.98. The minimum Gasteiger partial charge on any atom is -0.448 e. The van der Waals surface area contributed by atoms with Crippen LogP contribution in [0.25, 0.3) is 11.1 Å². The van der Waals surface area contributed by atoms with Gasteiger partial charge in [0.15, 0.2) is 0 Å². The van der Waals surface area contributed by atoms with Crippen LogP contribution in [0.2, 0.25) is 0 Å². The summed E-state index contributed by atoms with van der Waals surface area (Å²) in [4.78, 5) is 14.8. The number of amides is 1. The molecule has 0 atom stereocenters. The van der Waals surface area contributed by atoms with Crippen LogP contribution in [-0.2, 0) is 4.74 Å². The molecule has 1 aliphatic rings. The predicted molar refractivity (Wildman–Crippen MR) is 129 cm³/mol. The standard InChI is InChI=1S/C28H37NO2/c1-3-5-7-8-9-10-15-21-29(20-6-4-2)28(30)31-22-27-25-18-13-11-16-23(25)24-17-12-14-19-26(24)27/h4,11-14,16-19,27H,2-3,5-10,15,20-22H2,1H3. The largest absolute Gasteiger partial charge is 0.448 e. The SMILES string of the molecule is C=CCCN(CCCCCCCCC)C(=O)OCC1c2ccccc2-c2ccccc21. The van der Waals surface area contributed by atoms with Crippen molar-refractivity contribution in [2.75, 3.05) is 19.7 Å². The van der Waals surface area contributed by atoms with E-state index in [0.717, 1.165) is 19.4 Å². The van der Waals surface area contributed by atoms with Gasteiger partial charge in [-0.2, -0.15) is 0 Å². The molecule has 31 heavy (non-hydrogen) atoms. The number of unbranched alkanes of at least 4 members (excludes halogenated alkanes) is 6. The molecule has 2 aromatic carbocycles. The normalized spacial score (nSPS) is 12.3. The second-order valence-corrected chi connectivity index (χ2v) is 8.49. The van der Waals surface area contributed by atoms with Gasteiger partial charge in [-0.3, -0.25) is 0 Å². The van der Waals surface area contributed by atoms with Gasteiger partial charge < -0.3 is 9.64 Å². The summed E-state index contributed by atoms with van der Waals surface area (Å²) >= 11 is 0. The highest BCUT2D eigenvalue weighted by Gasteiger charge is 2.29.